The quantitative estimate of drug-likeness (QED) is 0.797. The summed E-state index contributed by atoms with van der Waals surface area (Å²) >= 11 is 0. The standard InChI is InChI=1S/C21H27FN4O.ClH/c22-16-10-4-5-11-19(16)26-18-12-6-9-15(18)20(25-26)21(27)24-17(13-23)14-7-2-1-3-8-14;/h4-5,10-11,14,17H,1-3,6-9,12-13,23H2,(H,24,27);1H. The van der Waals surface area contributed by atoms with Crippen LogP contribution in [0, 0.1) is 11.7 Å². The summed E-state index contributed by atoms with van der Waals surface area (Å²) in [4.78, 5) is 13.0. The molecular formula is C21H28ClFN4O. The average molecular weight is 407 g/mol. The number of hydrogen-bond acceptors (Lipinski definition) is 3. The Morgan fingerprint density at radius 3 is 2.68 bits per heavy atom. The topological polar surface area (TPSA) is 72.9 Å². The van der Waals surface area contributed by atoms with E-state index in [-0.39, 0.29) is 30.2 Å². The molecule has 28 heavy (non-hydrogen) atoms. The van der Waals surface area contributed by atoms with Crippen LogP contribution < -0.4 is 11.1 Å². The first-order valence-electron chi connectivity index (χ1n) is 10.1. The van der Waals surface area contributed by atoms with Gasteiger partial charge in [0.2, 0.25) is 0 Å². The van der Waals surface area contributed by atoms with Gasteiger partial charge in [0, 0.05) is 23.8 Å². The second-order valence-electron chi connectivity index (χ2n) is 7.70. The number of nitrogens with zero attached hydrogens (tertiary/aromatic N) is 2. The minimum atomic E-state index is -0.330. The molecule has 7 heteroatoms. The highest BCUT2D eigenvalue weighted by atomic mass is 35.5. The summed E-state index contributed by atoms with van der Waals surface area (Å²) in [6.07, 6.45) is 8.49. The number of para-hydroxylation sites is 1. The van der Waals surface area contributed by atoms with Gasteiger partial charge in [-0.25, -0.2) is 9.07 Å². The molecule has 1 heterocycles. The van der Waals surface area contributed by atoms with Crippen LogP contribution in [-0.4, -0.2) is 28.3 Å². The summed E-state index contributed by atoms with van der Waals surface area (Å²) in [6.45, 7) is 0.437. The molecule has 1 aromatic carbocycles. The van der Waals surface area contributed by atoms with Gasteiger partial charge in [0.15, 0.2) is 5.69 Å². The molecule has 0 spiro atoms. The number of rotatable bonds is 5. The van der Waals surface area contributed by atoms with Crippen LogP contribution in [0.5, 0.6) is 0 Å². The van der Waals surface area contributed by atoms with Crippen LogP contribution in [0.3, 0.4) is 0 Å². The van der Waals surface area contributed by atoms with E-state index in [1.54, 1.807) is 22.9 Å². The number of amides is 1. The molecule has 2 aliphatic rings. The number of nitrogens with two attached hydrogens (primary N) is 1. The van der Waals surface area contributed by atoms with Gasteiger partial charge in [0.05, 0.1) is 0 Å². The predicted octanol–water partition coefficient (Wildman–Crippen LogP) is 3.56. The number of halogens is 2. The highest BCUT2D eigenvalue weighted by Crippen LogP contribution is 2.30. The molecule has 5 nitrogen and oxygen atoms in total. The lowest BCUT2D eigenvalue weighted by atomic mass is 9.84. The van der Waals surface area contributed by atoms with Gasteiger partial charge in [-0.2, -0.15) is 5.10 Å². The van der Waals surface area contributed by atoms with Gasteiger partial charge in [-0.3, -0.25) is 4.79 Å². The summed E-state index contributed by atoms with van der Waals surface area (Å²) < 4.78 is 15.9. The van der Waals surface area contributed by atoms with E-state index in [0.717, 1.165) is 43.4 Å². The average Bonchev–Trinajstić information content (AvgIpc) is 3.30. The van der Waals surface area contributed by atoms with E-state index >= 15 is 0 Å². The zero-order valence-corrected chi connectivity index (χ0v) is 16.8. The van der Waals surface area contributed by atoms with Gasteiger partial charge < -0.3 is 11.1 Å². The maximum absolute atomic E-state index is 14.3. The summed E-state index contributed by atoms with van der Waals surface area (Å²) in [5.41, 5.74) is 8.70. The Labute approximate surface area is 171 Å². The molecule has 0 radical (unpaired) electrons. The van der Waals surface area contributed by atoms with Crippen molar-refractivity contribution in [3.05, 3.63) is 47.0 Å². The lowest BCUT2D eigenvalue weighted by Crippen LogP contribution is -2.46. The van der Waals surface area contributed by atoms with Gasteiger partial charge in [-0.15, -0.1) is 12.4 Å². The van der Waals surface area contributed by atoms with Crippen molar-refractivity contribution in [1.29, 1.82) is 0 Å². The zero-order valence-electron chi connectivity index (χ0n) is 16.0. The van der Waals surface area contributed by atoms with Crippen molar-refractivity contribution >= 4 is 18.3 Å². The SMILES string of the molecule is Cl.NCC(NC(=O)c1nn(-c2ccccc2F)c2c1CCC2)C1CCCCC1. The largest absolute Gasteiger partial charge is 0.346 e. The Morgan fingerprint density at radius 2 is 1.96 bits per heavy atom. The lowest BCUT2D eigenvalue weighted by Gasteiger charge is -2.29. The van der Waals surface area contributed by atoms with Crippen molar-refractivity contribution in [2.75, 3.05) is 6.54 Å². The fourth-order valence-electron chi connectivity index (χ4n) is 4.59. The van der Waals surface area contributed by atoms with E-state index in [1.165, 1.54) is 25.3 Å². The summed E-state index contributed by atoms with van der Waals surface area (Å²) in [5, 5.41) is 7.65. The van der Waals surface area contributed by atoms with Crippen molar-refractivity contribution in [3.63, 3.8) is 0 Å². The predicted molar refractivity (Wildman–Crippen MR) is 110 cm³/mol. The number of aromatic nitrogens is 2. The molecule has 0 bridgehead atoms. The number of carbonyl (C=O) groups excluding carboxylic acids is 1. The van der Waals surface area contributed by atoms with E-state index in [9.17, 15) is 9.18 Å². The van der Waals surface area contributed by atoms with Crippen LogP contribution in [0.25, 0.3) is 5.69 Å². The third kappa shape index (κ3) is 3.94. The number of carbonyl (C=O) groups is 1. The van der Waals surface area contributed by atoms with Crippen LogP contribution in [0.15, 0.2) is 24.3 Å². The van der Waals surface area contributed by atoms with E-state index in [4.69, 9.17) is 5.73 Å². The monoisotopic (exact) mass is 406 g/mol. The summed E-state index contributed by atoms with van der Waals surface area (Å²) in [7, 11) is 0. The third-order valence-electron chi connectivity index (χ3n) is 6.02. The number of benzene rings is 1. The molecule has 0 saturated heterocycles. The molecule has 1 fully saturated rings. The Balaban J connectivity index is 0.00000225. The maximum atomic E-state index is 14.3. The van der Waals surface area contributed by atoms with Crippen molar-refractivity contribution in [3.8, 4) is 5.69 Å². The first-order chi connectivity index (χ1) is 13.2. The Kier molecular flexibility index (Phi) is 6.73. The smallest absolute Gasteiger partial charge is 0.272 e. The van der Waals surface area contributed by atoms with Crippen molar-refractivity contribution in [1.82, 2.24) is 15.1 Å². The number of hydrogen-bond donors (Lipinski definition) is 2. The van der Waals surface area contributed by atoms with E-state index in [0.29, 0.717) is 23.8 Å². The first kappa shape index (κ1) is 20.8. The molecule has 152 valence electrons. The van der Waals surface area contributed by atoms with E-state index in [1.807, 2.05) is 0 Å². The highest BCUT2D eigenvalue weighted by Gasteiger charge is 2.30. The first-order valence-corrected chi connectivity index (χ1v) is 10.1. The Hall–Kier alpha value is -1.92. The molecule has 2 aliphatic carbocycles. The van der Waals surface area contributed by atoms with Crippen LogP contribution in [0.4, 0.5) is 4.39 Å². The van der Waals surface area contributed by atoms with Crippen molar-refractivity contribution < 1.29 is 9.18 Å². The molecule has 0 aliphatic heterocycles. The maximum Gasteiger partial charge on any atom is 0.272 e. The Bertz CT molecular complexity index is 832. The lowest BCUT2D eigenvalue weighted by molar-refractivity contribution is 0.0909. The van der Waals surface area contributed by atoms with E-state index < -0.39 is 0 Å². The van der Waals surface area contributed by atoms with Crippen molar-refractivity contribution in [2.45, 2.75) is 57.4 Å². The molecule has 1 amide bonds. The molecule has 1 atom stereocenters. The molecule has 2 aromatic rings. The zero-order chi connectivity index (χ0) is 18.8. The second-order valence-corrected chi connectivity index (χ2v) is 7.70. The third-order valence-corrected chi connectivity index (χ3v) is 6.02. The normalized spacial score (nSPS) is 17.6. The van der Waals surface area contributed by atoms with Gasteiger partial charge in [0.25, 0.3) is 5.91 Å². The molecule has 1 unspecified atom stereocenters. The molecule has 1 aromatic heterocycles. The summed E-state index contributed by atoms with van der Waals surface area (Å²) in [5.74, 6) is -0.0673. The fourth-order valence-corrected chi connectivity index (χ4v) is 4.59. The van der Waals surface area contributed by atoms with Gasteiger partial charge >= 0.3 is 0 Å². The van der Waals surface area contributed by atoms with Gasteiger partial charge in [-0.05, 0) is 50.2 Å². The molecule has 4 rings (SSSR count). The minimum Gasteiger partial charge on any atom is -0.346 e. The van der Waals surface area contributed by atoms with Crippen LogP contribution in [0.1, 0.15) is 60.3 Å². The molecule has 3 N–H and O–H groups in total. The van der Waals surface area contributed by atoms with Crippen LogP contribution in [-0.2, 0) is 12.8 Å². The van der Waals surface area contributed by atoms with Crippen LogP contribution >= 0.6 is 12.4 Å². The van der Waals surface area contributed by atoms with Gasteiger partial charge in [0.1, 0.15) is 11.5 Å². The van der Waals surface area contributed by atoms with Gasteiger partial charge in [-0.1, -0.05) is 31.4 Å². The number of fused-ring (bicyclic) bond motifs is 1. The minimum absolute atomic E-state index is 0. The molecule has 1 saturated carbocycles. The molecular weight excluding hydrogens is 379 g/mol. The fraction of sp³-hybridized carbons (Fsp3) is 0.524. The Morgan fingerprint density at radius 1 is 1.21 bits per heavy atom. The number of nitrogens with one attached hydrogen (secondary N) is 1. The van der Waals surface area contributed by atoms with Crippen molar-refractivity contribution in [2.24, 2.45) is 11.7 Å². The van der Waals surface area contributed by atoms with Crippen LogP contribution in [0.2, 0.25) is 0 Å². The highest BCUT2D eigenvalue weighted by molar-refractivity contribution is 5.94. The summed E-state index contributed by atoms with van der Waals surface area (Å²) in [6, 6.07) is 6.55. The second kappa shape index (κ2) is 9.05. The van der Waals surface area contributed by atoms with E-state index in [2.05, 4.69) is 10.4 Å².